The minimum Gasteiger partial charge on any atom is -0.395 e. The maximum atomic E-state index is 13.1. The van der Waals surface area contributed by atoms with E-state index in [0.29, 0.717) is 28.7 Å². The number of aliphatic hydroxyl groups is 1. The second-order valence-corrected chi connectivity index (χ2v) is 6.29. The molecule has 130 valence electrons. The fourth-order valence-corrected chi connectivity index (χ4v) is 3.50. The average Bonchev–Trinajstić information content (AvgIpc) is 2.67. The third kappa shape index (κ3) is 2.36. The summed E-state index contributed by atoms with van der Waals surface area (Å²) >= 11 is 0. The molecular formula is C21H18N2O3. The Morgan fingerprint density at radius 3 is 2.27 bits per heavy atom. The number of rotatable bonds is 4. The van der Waals surface area contributed by atoms with Crippen LogP contribution in [0.2, 0.25) is 0 Å². The second-order valence-electron chi connectivity index (χ2n) is 6.29. The molecule has 1 heterocycles. The number of aliphatic hydroxyl groups excluding tert-OH is 1. The minimum atomic E-state index is -0.318. The van der Waals surface area contributed by atoms with Crippen LogP contribution < -0.4 is 9.80 Å². The summed E-state index contributed by atoms with van der Waals surface area (Å²) < 4.78 is 0. The van der Waals surface area contributed by atoms with Crippen molar-refractivity contribution in [3.63, 3.8) is 0 Å². The van der Waals surface area contributed by atoms with Gasteiger partial charge >= 0.3 is 0 Å². The van der Waals surface area contributed by atoms with E-state index >= 15 is 0 Å². The zero-order valence-corrected chi connectivity index (χ0v) is 14.3. The monoisotopic (exact) mass is 346 g/mol. The largest absolute Gasteiger partial charge is 0.395 e. The number of imide groups is 1. The first kappa shape index (κ1) is 16.3. The van der Waals surface area contributed by atoms with Crippen molar-refractivity contribution < 1.29 is 14.7 Å². The van der Waals surface area contributed by atoms with E-state index in [1.54, 1.807) is 36.4 Å². The fourth-order valence-electron chi connectivity index (χ4n) is 3.50. The summed E-state index contributed by atoms with van der Waals surface area (Å²) in [6.45, 7) is 0.496. The Hall–Kier alpha value is -3.18. The molecular weight excluding hydrogens is 328 g/mol. The van der Waals surface area contributed by atoms with Crippen LogP contribution in [0.15, 0.2) is 60.7 Å². The zero-order valence-electron chi connectivity index (χ0n) is 14.3. The normalized spacial score (nSPS) is 13.4. The first-order chi connectivity index (χ1) is 12.6. The summed E-state index contributed by atoms with van der Waals surface area (Å²) in [4.78, 5) is 29.3. The Morgan fingerprint density at radius 1 is 0.885 bits per heavy atom. The van der Waals surface area contributed by atoms with E-state index in [9.17, 15) is 14.7 Å². The standard InChI is InChI=1S/C21H18N2O3/c1-22(12-13-24)18-11-10-17-19-15(18)8-5-9-16(19)20(25)23(21(17)26)14-6-3-2-4-7-14/h2-11,24H,12-13H2,1H3. The Bertz CT molecular complexity index is 992. The van der Waals surface area contributed by atoms with Crippen molar-refractivity contribution >= 4 is 34.0 Å². The summed E-state index contributed by atoms with van der Waals surface area (Å²) in [5.74, 6) is -0.637. The van der Waals surface area contributed by atoms with E-state index in [1.165, 1.54) is 4.90 Å². The number of likely N-dealkylation sites (N-methyl/N-ethyl adjacent to an activating group) is 1. The third-order valence-corrected chi connectivity index (χ3v) is 4.75. The summed E-state index contributed by atoms with van der Waals surface area (Å²) in [6.07, 6.45) is 0. The smallest absolute Gasteiger partial charge is 0.265 e. The Labute approximate surface area is 151 Å². The van der Waals surface area contributed by atoms with Gasteiger partial charge < -0.3 is 10.0 Å². The first-order valence-corrected chi connectivity index (χ1v) is 8.45. The van der Waals surface area contributed by atoms with E-state index in [0.717, 1.165) is 11.1 Å². The molecule has 1 N–H and O–H groups in total. The van der Waals surface area contributed by atoms with Crippen LogP contribution in [-0.4, -0.2) is 37.1 Å². The average molecular weight is 346 g/mol. The van der Waals surface area contributed by atoms with Gasteiger partial charge in [-0.3, -0.25) is 9.59 Å². The molecule has 3 aromatic carbocycles. The molecule has 0 fully saturated rings. The molecule has 0 spiro atoms. The molecule has 5 heteroatoms. The molecule has 2 amide bonds. The Kier molecular flexibility index (Phi) is 3.93. The topological polar surface area (TPSA) is 60.9 Å². The van der Waals surface area contributed by atoms with E-state index in [1.807, 2.05) is 36.2 Å². The minimum absolute atomic E-state index is 0.0269. The van der Waals surface area contributed by atoms with E-state index in [4.69, 9.17) is 0 Å². The van der Waals surface area contributed by atoms with Crippen LogP contribution in [0.1, 0.15) is 20.7 Å². The Balaban J connectivity index is 1.94. The highest BCUT2D eigenvalue weighted by atomic mass is 16.3. The van der Waals surface area contributed by atoms with Crippen molar-refractivity contribution in [1.29, 1.82) is 0 Å². The number of hydrogen-bond acceptors (Lipinski definition) is 4. The SMILES string of the molecule is CN(CCO)c1ccc2c3c(cccc13)C(=O)N(c1ccccc1)C2=O. The molecule has 0 aliphatic carbocycles. The van der Waals surface area contributed by atoms with Crippen molar-refractivity contribution in [2.45, 2.75) is 0 Å². The number of hydrogen-bond donors (Lipinski definition) is 1. The number of carbonyl (C=O) groups excluding carboxylic acids is 2. The molecule has 26 heavy (non-hydrogen) atoms. The van der Waals surface area contributed by atoms with Gasteiger partial charge in [0.05, 0.1) is 12.3 Å². The molecule has 0 unspecified atom stereocenters. The molecule has 5 nitrogen and oxygen atoms in total. The number of nitrogens with zero attached hydrogens (tertiary/aromatic N) is 2. The maximum Gasteiger partial charge on any atom is 0.265 e. The van der Waals surface area contributed by atoms with Crippen LogP contribution in [0.5, 0.6) is 0 Å². The van der Waals surface area contributed by atoms with Crippen LogP contribution in [0.25, 0.3) is 10.8 Å². The predicted octanol–water partition coefficient (Wildman–Crippen LogP) is 3.07. The van der Waals surface area contributed by atoms with Gasteiger partial charge in [0.15, 0.2) is 0 Å². The lowest BCUT2D eigenvalue weighted by atomic mass is 9.92. The van der Waals surface area contributed by atoms with Crippen LogP contribution in [0, 0.1) is 0 Å². The van der Waals surface area contributed by atoms with Crippen LogP contribution in [-0.2, 0) is 0 Å². The molecule has 3 aromatic rings. The molecule has 0 saturated carbocycles. The summed E-state index contributed by atoms with van der Waals surface area (Å²) in [5, 5.41) is 10.7. The molecule has 0 saturated heterocycles. The lowest BCUT2D eigenvalue weighted by Gasteiger charge is -2.29. The van der Waals surface area contributed by atoms with Gasteiger partial charge in [0.25, 0.3) is 11.8 Å². The molecule has 4 rings (SSSR count). The fraction of sp³-hybridized carbons (Fsp3) is 0.143. The van der Waals surface area contributed by atoms with Gasteiger partial charge in [-0.05, 0) is 30.3 Å². The van der Waals surface area contributed by atoms with Gasteiger partial charge in [0, 0.05) is 41.2 Å². The lowest BCUT2D eigenvalue weighted by Crippen LogP contribution is -2.40. The van der Waals surface area contributed by atoms with Crippen molar-refractivity contribution in [2.75, 3.05) is 30.0 Å². The number of amides is 2. The third-order valence-electron chi connectivity index (χ3n) is 4.75. The highest BCUT2D eigenvalue weighted by molar-refractivity contribution is 6.36. The maximum absolute atomic E-state index is 13.1. The van der Waals surface area contributed by atoms with Crippen LogP contribution in [0.3, 0.4) is 0 Å². The van der Waals surface area contributed by atoms with Crippen molar-refractivity contribution in [3.8, 4) is 0 Å². The number of anilines is 2. The second kappa shape index (κ2) is 6.28. The van der Waals surface area contributed by atoms with Crippen molar-refractivity contribution in [1.82, 2.24) is 0 Å². The van der Waals surface area contributed by atoms with Gasteiger partial charge in [0.1, 0.15) is 0 Å². The Morgan fingerprint density at radius 2 is 1.58 bits per heavy atom. The van der Waals surface area contributed by atoms with Gasteiger partial charge in [-0.2, -0.15) is 0 Å². The van der Waals surface area contributed by atoms with Gasteiger partial charge in [-0.1, -0.05) is 30.3 Å². The molecule has 0 atom stereocenters. The van der Waals surface area contributed by atoms with Gasteiger partial charge in [-0.25, -0.2) is 4.90 Å². The highest BCUT2D eigenvalue weighted by Crippen LogP contribution is 2.37. The molecule has 1 aliphatic rings. The molecule has 0 radical (unpaired) electrons. The zero-order chi connectivity index (χ0) is 18.3. The summed E-state index contributed by atoms with van der Waals surface area (Å²) in [7, 11) is 1.88. The highest BCUT2D eigenvalue weighted by Gasteiger charge is 2.34. The number of carbonyl (C=O) groups is 2. The van der Waals surface area contributed by atoms with Crippen molar-refractivity contribution in [2.24, 2.45) is 0 Å². The van der Waals surface area contributed by atoms with E-state index < -0.39 is 0 Å². The van der Waals surface area contributed by atoms with E-state index in [-0.39, 0.29) is 18.4 Å². The molecule has 0 aromatic heterocycles. The summed E-state index contributed by atoms with van der Waals surface area (Å²) in [6, 6.07) is 18.1. The molecule has 0 bridgehead atoms. The predicted molar refractivity (Wildman–Crippen MR) is 102 cm³/mol. The van der Waals surface area contributed by atoms with Crippen LogP contribution in [0.4, 0.5) is 11.4 Å². The molecule has 1 aliphatic heterocycles. The van der Waals surface area contributed by atoms with Crippen molar-refractivity contribution in [3.05, 3.63) is 71.8 Å². The van der Waals surface area contributed by atoms with Crippen LogP contribution >= 0.6 is 0 Å². The quantitative estimate of drug-likeness (QED) is 0.738. The van der Waals surface area contributed by atoms with Gasteiger partial charge in [-0.15, -0.1) is 0 Å². The number of para-hydroxylation sites is 1. The lowest BCUT2D eigenvalue weighted by molar-refractivity contribution is 0.0893. The van der Waals surface area contributed by atoms with E-state index in [2.05, 4.69) is 0 Å². The van der Waals surface area contributed by atoms with Gasteiger partial charge in [0.2, 0.25) is 0 Å². The summed E-state index contributed by atoms with van der Waals surface area (Å²) in [5.41, 5.74) is 2.47. The first-order valence-electron chi connectivity index (χ1n) is 8.45. The number of benzene rings is 3.